The van der Waals surface area contributed by atoms with Crippen molar-refractivity contribution in [2.45, 2.75) is 51.0 Å². The molecule has 1 fully saturated rings. The molecule has 1 aliphatic rings. The third kappa shape index (κ3) is 11.0. The molecule has 1 heterocycles. The van der Waals surface area contributed by atoms with Crippen LogP contribution in [0.1, 0.15) is 44.1 Å². The summed E-state index contributed by atoms with van der Waals surface area (Å²) in [4.78, 5) is 29.4. The average Bonchev–Trinajstić information content (AvgIpc) is 3.03. The largest absolute Gasteiger partial charge is 0.508 e. The number of ether oxygens (including phenoxy) is 1. The molecule has 1 saturated heterocycles. The van der Waals surface area contributed by atoms with Gasteiger partial charge >= 0.3 is 6.09 Å². The van der Waals surface area contributed by atoms with Gasteiger partial charge in [-0.05, 0) is 74.5 Å². The van der Waals surface area contributed by atoms with E-state index in [4.69, 9.17) is 4.74 Å². The summed E-state index contributed by atoms with van der Waals surface area (Å²) < 4.78 is 5.75. The second-order valence-corrected chi connectivity index (χ2v) is 11.3. The number of likely N-dealkylation sites (tertiary alicyclic amines) is 1. The monoisotopic (exact) mass is 586 g/mol. The van der Waals surface area contributed by atoms with Crippen LogP contribution in [0.15, 0.2) is 78.9 Å². The number of nitrogens with one attached hydrogen (secondary N) is 2. The summed E-state index contributed by atoms with van der Waals surface area (Å²) in [5, 5.41) is 15.7. The van der Waals surface area contributed by atoms with Crippen LogP contribution in [0.2, 0.25) is 0 Å². The van der Waals surface area contributed by atoms with Crippen LogP contribution in [0, 0.1) is 0 Å². The number of amides is 2. The Hall–Kier alpha value is -3.88. The number of unbranched alkanes of at least 4 members (excludes halogenated alkanes) is 2. The summed E-state index contributed by atoms with van der Waals surface area (Å²) >= 11 is 0. The fraction of sp³-hybridized carbons (Fsp3) is 0.429. The summed E-state index contributed by atoms with van der Waals surface area (Å²) in [5.41, 5.74) is 3.95. The summed E-state index contributed by atoms with van der Waals surface area (Å²) in [5.74, 6) is 0.498. The Morgan fingerprint density at radius 2 is 1.63 bits per heavy atom. The topological polar surface area (TPSA) is 94.1 Å². The first-order valence-electron chi connectivity index (χ1n) is 15.5. The number of carbonyl (C=O) groups is 2. The van der Waals surface area contributed by atoms with Crippen molar-refractivity contribution in [3.63, 3.8) is 0 Å². The highest BCUT2D eigenvalue weighted by Gasteiger charge is 2.23. The normalized spacial score (nSPS) is 13.9. The van der Waals surface area contributed by atoms with Gasteiger partial charge in [-0.3, -0.25) is 10.1 Å². The van der Waals surface area contributed by atoms with Crippen molar-refractivity contribution in [3.8, 4) is 16.9 Å². The molecule has 43 heavy (non-hydrogen) atoms. The third-order valence-corrected chi connectivity index (χ3v) is 8.01. The zero-order chi connectivity index (χ0) is 30.3. The number of nitrogens with zero attached hydrogens (tertiary/aromatic N) is 2. The number of hydrogen-bond donors (Lipinski definition) is 3. The second-order valence-electron chi connectivity index (χ2n) is 11.3. The minimum Gasteiger partial charge on any atom is -0.508 e. The molecule has 0 atom stereocenters. The van der Waals surface area contributed by atoms with Crippen LogP contribution in [0.3, 0.4) is 0 Å². The average molecular weight is 587 g/mol. The van der Waals surface area contributed by atoms with E-state index in [1.807, 2.05) is 78.7 Å². The van der Waals surface area contributed by atoms with Gasteiger partial charge in [-0.15, -0.1) is 0 Å². The van der Waals surface area contributed by atoms with Crippen molar-refractivity contribution in [3.05, 3.63) is 84.4 Å². The number of aromatic hydroxyl groups is 1. The van der Waals surface area contributed by atoms with Gasteiger partial charge in [-0.1, -0.05) is 67.1 Å². The Balaban J connectivity index is 1.04. The lowest BCUT2D eigenvalue weighted by atomic mass is 10.0. The van der Waals surface area contributed by atoms with Crippen LogP contribution < -0.4 is 10.6 Å². The molecule has 8 heteroatoms. The summed E-state index contributed by atoms with van der Waals surface area (Å²) in [6, 6.07) is 25.1. The van der Waals surface area contributed by atoms with Gasteiger partial charge in [0.05, 0.1) is 5.69 Å². The number of benzene rings is 3. The van der Waals surface area contributed by atoms with Crippen LogP contribution in [0.5, 0.6) is 5.75 Å². The number of phenolic OH excluding ortho intramolecular Hbond substituents is 1. The van der Waals surface area contributed by atoms with Crippen molar-refractivity contribution in [1.29, 1.82) is 0 Å². The molecule has 0 aromatic heterocycles. The smallest absolute Gasteiger partial charge is 0.411 e. The van der Waals surface area contributed by atoms with E-state index in [0.29, 0.717) is 18.7 Å². The van der Waals surface area contributed by atoms with Crippen LogP contribution in [0.25, 0.3) is 11.1 Å². The van der Waals surface area contributed by atoms with Crippen molar-refractivity contribution in [2.75, 3.05) is 51.6 Å². The molecule has 2 amide bonds. The Morgan fingerprint density at radius 3 is 2.40 bits per heavy atom. The van der Waals surface area contributed by atoms with E-state index in [0.717, 1.165) is 88.1 Å². The number of phenols is 1. The maximum absolute atomic E-state index is 12.7. The molecule has 0 unspecified atom stereocenters. The molecule has 3 aromatic rings. The van der Waals surface area contributed by atoms with E-state index in [9.17, 15) is 14.7 Å². The van der Waals surface area contributed by atoms with E-state index in [-0.39, 0.29) is 12.0 Å². The van der Waals surface area contributed by atoms with E-state index in [1.165, 1.54) is 5.56 Å². The highest BCUT2D eigenvalue weighted by molar-refractivity contribution is 5.91. The molecule has 0 radical (unpaired) electrons. The fourth-order valence-corrected chi connectivity index (χ4v) is 5.33. The lowest BCUT2D eigenvalue weighted by molar-refractivity contribution is -0.130. The molecule has 8 nitrogen and oxygen atoms in total. The zero-order valence-corrected chi connectivity index (χ0v) is 25.3. The predicted octanol–water partition coefficient (Wildman–Crippen LogP) is 5.92. The van der Waals surface area contributed by atoms with Crippen LogP contribution >= 0.6 is 0 Å². The number of hydrogen-bond acceptors (Lipinski definition) is 6. The van der Waals surface area contributed by atoms with Crippen LogP contribution in [-0.2, 0) is 16.0 Å². The first kappa shape index (κ1) is 32.0. The van der Waals surface area contributed by atoms with Gasteiger partial charge in [0.1, 0.15) is 11.9 Å². The summed E-state index contributed by atoms with van der Waals surface area (Å²) in [7, 11) is 1.89. The van der Waals surface area contributed by atoms with E-state index < -0.39 is 6.09 Å². The number of para-hydroxylation sites is 1. The number of piperidine rings is 1. The molecular weight excluding hydrogens is 540 g/mol. The highest BCUT2D eigenvalue weighted by atomic mass is 16.6. The number of rotatable bonds is 15. The molecule has 0 saturated carbocycles. The van der Waals surface area contributed by atoms with Crippen molar-refractivity contribution in [1.82, 2.24) is 15.1 Å². The molecule has 0 aliphatic carbocycles. The van der Waals surface area contributed by atoms with E-state index >= 15 is 0 Å². The van der Waals surface area contributed by atoms with E-state index in [1.54, 1.807) is 12.1 Å². The molecule has 3 N–H and O–H groups in total. The molecule has 0 spiro atoms. The number of likely N-dealkylation sites (N-methyl/N-ethyl adjacent to an activating group) is 1. The van der Waals surface area contributed by atoms with Gasteiger partial charge in [0.15, 0.2) is 0 Å². The van der Waals surface area contributed by atoms with Crippen molar-refractivity contribution in [2.24, 2.45) is 0 Å². The molecule has 4 rings (SSSR count). The quantitative estimate of drug-likeness (QED) is 0.191. The second kappa shape index (κ2) is 17.3. The van der Waals surface area contributed by atoms with Gasteiger partial charge in [-0.25, -0.2) is 4.79 Å². The predicted molar refractivity (Wildman–Crippen MR) is 172 cm³/mol. The molecule has 230 valence electrons. The van der Waals surface area contributed by atoms with Crippen molar-refractivity contribution >= 4 is 17.7 Å². The third-order valence-electron chi connectivity index (χ3n) is 8.01. The SMILES string of the molecule is CN(CCN1CCC(OC(=O)Nc2ccccc2-c2ccccc2)CC1)C(=O)CCCCCNCCc1ccc(O)cc1. The lowest BCUT2D eigenvalue weighted by Gasteiger charge is -2.32. The minimum absolute atomic E-state index is 0.109. The molecular formula is C35H46N4O4. The Morgan fingerprint density at radius 1 is 0.907 bits per heavy atom. The lowest BCUT2D eigenvalue weighted by Crippen LogP contribution is -2.42. The van der Waals surface area contributed by atoms with Gasteiger partial charge in [-0.2, -0.15) is 0 Å². The summed E-state index contributed by atoms with van der Waals surface area (Å²) in [6.07, 6.45) is 5.56. The first-order valence-corrected chi connectivity index (χ1v) is 15.5. The fourth-order valence-electron chi connectivity index (χ4n) is 5.33. The van der Waals surface area contributed by atoms with Gasteiger partial charge in [0.2, 0.25) is 5.91 Å². The number of anilines is 1. The Bertz CT molecular complexity index is 1260. The van der Waals surface area contributed by atoms with Gasteiger partial charge in [0.25, 0.3) is 0 Å². The van der Waals surface area contributed by atoms with Crippen LogP contribution in [0.4, 0.5) is 10.5 Å². The highest BCUT2D eigenvalue weighted by Crippen LogP contribution is 2.28. The van der Waals surface area contributed by atoms with Gasteiger partial charge < -0.3 is 25.0 Å². The molecule has 1 aliphatic heterocycles. The van der Waals surface area contributed by atoms with Crippen LogP contribution in [-0.4, -0.2) is 79.3 Å². The molecule has 3 aromatic carbocycles. The standard InChI is InChI=1S/C35H46N4O4/c1-38(34(41)14-6-3-9-22-36-23-19-28-15-17-30(40)18-16-28)26-27-39-24-20-31(21-25-39)43-35(42)37-33-13-8-7-12-32(33)29-10-4-2-5-11-29/h2,4-5,7-8,10-13,15-18,31,36,40H,3,6,9,14,19-27H2,1H3,(H,37,42). The maximum Gasteiger partial charge on any atom is 0.411 e. The van der Waals surface area contributed by atoms with Gasteiger partial charge in [0, 0.05) is 45.2 Å². The first-order chi connectivity index (χ1) is 21.0. The Labute approximate surface area is 256 Å². The Kier molecular flexibility index (Phi) is 12.9. The maximum atomic E-state index is 12.7. The van der Waals surface area contributed by atoms with E-state index in [2.05, 4.69) is 15.5 Å². The van der Waals surface area contributed by atoms with Crippen molar-refractivity contribution < 1.29 is 19.4 Å². The zero-order valence-electron chi connectivity index (χ0n) is 25.3. The number of carbonyl (C=O) groups excluding carboxylic acids is 2. The minimum atomic E-state index is -0.419. The molecule has 0 bridgehead atoms. The summed E-state index contributed by atoms with van der Waals surface area (Å²) in [6.45, 7) is 5.09.